The van der Waals surface area contributed by atoms with Crippen molar-refractivity contribution < 1.29 is 24.6 Å². The standard InChI is InChI=1S/C8H11NO.Zn/c1-6(9)7-2-4-8(10)5-3-7;/h2-6,10H,9H2,1H3;. The molecule has 1 aromatic rings. The molecule has 3 heteroatoms. The molecule has 0 aliphatic heterocycles. The van der Waals surface area contributed by atoms with Crippen molar-refractivity contribution in [1.82, 2.24) is 0 Å². The summed E-state index contributed by atoms with van der Waals surface area (Å²) in [5, 5.41) is 8.90. The largest absolute Gasteiger partial charge is 0.508 e. The summed E-state index contributed by atoms with van der Waals surface area (Å²) in [4.78, 5) is 0. The molecule has 0 amide bonds. The number of aromatic hydroxyl groups is 1. The summed E-state index contributed by atoms with van der Waals surface area (Å²) >= 11 is 0. The minimum absolute atomic E-state index is 0. The van der Waals surface area contributed by atoms with Crippen LogP contribution in [0.3, 0.4) is 0 Å². The van der Waals surface area contributed by atoms with Gasteiger partial charge in [0.2, 0.25) is 0 Å². The van der Waals surface area contributed by atoms with Crippen LogP contribution in [0.4, 0.5) is 0 Å². The predicted molar refractivity (Wildman–Crippen MR) is 40.7 cm³/mol. The van der Waals surface area contributed by atoms with Crippen LogP contribution in [0.25, 0.3) is 0 Å². The molecular formula is C8H11NOZn. The van der Waals surface area contributed by atoms with E-state index in [-0.39, 0.29) is 31.3 Å². The molecule has 0 aliphatic rings. The number of benzene rings is 1. The molecule has 0 fully saturated rings. The maximum atomic E-state index is 8.90. The molecule has 0 saturated heterocycles. The van der Waals surface area contributed by atoms with Crippen LogP contribution in [0.15, 0.2) is 24.3 Å². The number of phenolic OH excluding ortho intramolecular Hbond substituents is 1. The van der Waals surface area contributed by atoms with Crippen molar-refractivity contribution in [1.29, 1.82) is 0 Å². The molecule has 1 unspecified atom stereocenters. The third-order valence-electron chi connectivity index (χ3n) is 1.42. The molecule has 0 aliphatic carbocycles. The molecule has 1 rings (SSSR count). The fourth-order valence-corrected chi connectivity index (χ4v) is 0.778. The van der Waals surface area contributed by atoms with E-state index in [1.165, 1.54) is 0 Å². The number of hydrogen-bond acceptors (Lipinski definition) is 2. The van der Waals surface area contributed by atoms with E-state index in [0.717, 1.165) is 5.56 Å². The van der Waals surface area contributed by atoms with Gasteiger partial charge in [0, 0.05) is 25.5 Å². The molecule has 1 aromatic carbocycles. The van der Waals surface area contributed by atoms with Crippen LogP contribution in [0.2, 0.25) is 0 Å². The van der Waals surface area contributed by atoms with Gasteiger partial charge in [-0.1, -0.05) is 12.1 Å². The third-order valence-corrected chi connectivity index (χ3v) is 1.42. The zero-order valence-corrected chi connectivity index (χ0v) is 9.59. The average molecular weight is 203 g/mol. The quantitative estimate of drug-likeness (QED) is 0.677. The third kappa shape index (κ3) is 3.00. The first-order chi connectivity index (χ1) is 4.70. The fraction of sp³-hybridized carbons (Fsp3) is 0.250. The maximum Gasteiger partial charge on any atom is 0.115 e. The van der Waals surface area contributed by atoms with Crippen LogP contribution >= 0.6 is 0 Å². The van der Waals surface area contributed by atoms with Gasteiger partial charge in [-0.25, -0.2) is 0 Å². The van der Waals surface area contributed by atoms with Crippen molar-refractivity contribution in [3.05, 3.63) is 29.8 Å². The first-order valence-corrected chi connectivity index (χ1v) is 3.24. The minimum atomic E-state index is 0. The van der Waals surface area contributed by atoms with Gasteiger partial charge in [0.1, 0.15) is 5.75 Å². The Bertz CT molecular complexity index is 208. The Morgan fingerprint density at radius 1 is 1.27 bits per heavy atom. The zero-order chi connectivity index (χ0) is 7.56. The summed E-state index contributed by atoms with van der Waals surface area (Å²) in [6.45, 7) is 1.91. The summed E-state index contributed by atoms with van der Waals surface area (Å²) in [5.41, 5.74) is 6.62. The van der Waals surface area contributed by atoms with Crippen molar-refractivity contribution in [3.8, 4) is 5.75 Å². The Morgan fingerprint density at radius 3 is 2.09 bits per heavy atom. The second kappa shape index (κ2) is 4.47. The monoisotopic (exact) mass is 201 g/mol. The van der Waals surface area contributed by atoms with Crippen molar-refractivity contribution in [3.63, 3.8) is 0 Å². The van der Waals surface area contributed by atoms with Gasteiger partial charge in [-0.15, -0.1) is 0 Å². The van der Waals surface area contributed by atoms with E-state index in [9.17, 15) is 0 Å². The van der Waals surface area contributed by atoms with Crippen LogP contribution in [0, 0.1) is 0 Å². The summed E-state index contributed by atoms with van der Waals surface area (Å²) in [6.07, 6.45) is 0. The van der Waals surface area contributed by atoms with Crippen molar-refractivity contribution in [2.45, 2.75) is 13.0 Å². The smallest absolute Gasteiger partial charge is 0.115 e. The van der Waals surface area contributed by atoms with Crippen molar-refractivity contribution in [2.75, 3.05) is 0 Å². The average Bonchev–Trinajstić information content (AvgIpc) is 1.88. The normalized spacial score (nSPS) is 11.8. The van der Waals surface area contributed by atoms with Gasteiger partial charge in [0.25, 0.3) is 0 Å². The molecule has 0 aromatic heterocycles. The fourth-order valence-electron chi connectivity index (χ4n) is 0.778. The Hall–Kier alpha value is -0.397. The number of hydrogen-bond donors (Lipinski definition) is 2. The Labute approximate surface area is 79.2 Å². The van der Waals surface area contributed by atoms with E-state index in [1.807, 2.05) is 19.1 Å². The molecule has 0 spiro atoms. The number of rotatable bonds is 1. The van der Waals surface area contributed by atoms with Crippen LogP contribution in [0.5, 0.6) is 5.75 Å². The molecule has 3 N–H and O–H groups in total. The molecule has 56 valence electrons. The summed E-state index contributed by atoms with van der Waals surface area (Å²) in [6, 6.07) is 6.96. The topological polar surface area (TPSA) is 46.2 Å². The molecule has 0 saturated carbocycles. The van der Waals surface area contributed by atoms with Crippen molar-refractivity contribution >= 4 is 0 Å². The van der Waals surface area contributed by atoms with Crippen molar-refractivity contribution in [2.24, 2.45) is 5.73 Å². The van der Waals surface area contributed by atoms with Gasteiger partial charge >= 0.3 is 0 Å². The Kier molecular flexibility index (Phi) is 4.31. The van der Waals surface area contributed by atoms with Gasteiger partial charge in [-0.05, 0) is 24.6 Å². The van der Waals surface area contributed by atoms with E-state index in [2.05, 4.69) is 0 Å². The van der Waals surface area contributed by atoms with Crippen LogP contribution in [-0.2, 0) is 19.5 Å². The number of nitrogens with two attached hydrogens (primary N) is 1. The zero-order valence-electron chi connectivity index (χ0n) is 6.62. The molecule has 1 atom stereocenters. The second-order valence-electron chi connectivity index (χ2n) is 2.38. The van der Waals surface area contributed by atoms with E-state index in [1.54, 1.807) is 12.1 Å². The summed E-state index contributed by atoms with van der Waals surface area (Å²) < 4.78 is 0. The van der Waals surface area contributed by atoms with Crippen LogP contribution < -0.4 is 5.73 Å². The number of phenols is 1. The molecule has 11 heavy (non-hydrogen) atoms. The van der Waals surface area contributed by atoms with E-state index in [0.29, 0.717) is 0 Å². The van der Waals surface area contributed by atoms with E-state index >= 15 is 0 Å². The SMILES string of the molecule is CC(N)c1ccc(O)cc1.[Zn]. The first kappa shape index (κ1) is 10.6. The second-order valence-corrected chi connectivity index (χ2v) is 2.38. The molecule has 0 heterocycles. The maximum absolute atomic E-state index is 8.90. The van der Waals surface area contributed by atoms with Gasteiger partial charge in [0.05, 0.1) is 0 Å². The first-order valence-electron chi connectivity index (χ1n) is 3.24. The molecule has 0 radical (unpaired) electrons. The van der Waals surface area contributed by atoms with Crippen LogP contribution in [0.1, 0.15) is 18.5 Å². The Morgan fingerprint density at radius 2 is 1.73 bits per heavy atom. The van der Waals surface area contributed by atoms with E-state index in [4.69, 9.17) is 10.8 Å². The van der Waals surface area contributed by atoms with Gasteiger partial charge < -0.3 is 10.8 Å². The summed E-state index contributed by atoms with van der Waals surface area (Å²) in [7, 11) is 0. The molecule has 2 nitrogen and oxygen atoms in total. The minimum Gasteiger partial charge on any atom is -0.508 e. The summed E-state index contributed by atoms with van der Waals surface area (Å²) in [5.74, 6) is 0.282. The predicted octanol–water partition coefficient (Wildman–Crippen LogP) is 1.41. The molecule has 0 bridgehead atoms. The van der Waals surface area contributed by atoms with Gasteiger partial charge in [-0.2, -0.15) is 0 Å². The van der Waals surface area contributed by atoms with Gasteiger partial charge in [-0.3, -0.25) is 0 Å². The van der Waals surface area contributed by atoms with Gasteiger partial charge in [0.15, 0.2) is 0 Å². The Balaban J connectivity index is 0.000001000. The van der Waals surface area contributed by atoms with E-state index < -0.39 is 0 Å². The molecular weight excluding hydrogens is 191 g/mol. The van der Waals surface area contributed by atoms with Crippen LogP contribution in [-0.4, -0.2) is 5.11 Å².